The van der Waals surface area contributed by atoms with Gasteiger partial charge in [0.1, 0.15) is 0 Å². The van der Waals surface area contributed by atoms with E-state index in [9.17, 15) is 17.3 Å². The van der Waals surface area contributed by atoms with Gasteiger partial charge >= 0.3 is 12.9 Å². The minimum Gasteiger partial charge on any atom is -0.418 e. The summed E-state index contributed by atoms with van der Waals surface area (Å²) in [6.07, 6.45) is 0. The summed E-state index contributed by atoms with van der Waals surface area (Å²) in [4.78, 5) is 3.12. The molecule has 0 unspecified atom stereocenters. The zero-order valence-corrected chi connectivity index (χ0v) is 10.7. The lowest BCUT2D eigenvalue weighted by Crippen LogP contribution is -2.07. The van der Waals surface area contributed by atoms with Gasteiger partial charge in [0.05, 0.1) is 5.54 Å². The molecule has 0 aromatic heterocycles. The van der Waals surface area contributed by atoms with Gasteiger partial charge in [0, 0.05) is 6.07 Å². The Morgan fingerprint density at radius 3 is 2.00 bits per heavy atom. The molecule has 0 fully saturated rings. The smallest absolute Gasteiger partial charge is 0.418 e. The Balaban J connectivity index is 0.000000555. The monoisotopic (exact) mass is 276 g/mol. The van der Waals surface area contributed by atoms with Gasteiger partial charge in [-0.1, -0.05) is 12.1 Å². The number of benzene rings is 1. The third-order valence-electron chi connectivity index (χ3n) is 1.45. The molecule has 0 aliphatic rings. The Kier molecular flexibility index (Phi) is 6.11. The molecule has 0 bridgehead atoms. The van der Waals surface area contributed by atoms with Crippen molar-refractivity contribution >= 4 is 18.6 Å². The summed E-state index contributed by atoms with van der Waals surface area (Å²) in [6.45, 7) is 5.86. The van der Waals surface area contributed by atoms with Gasteiger partial charge in [-0.3, -0.25) is 0 Å². The molecule has 19 heavy (non-hydrogen) atoms. The van der Waals surface area contributed by atoms with Crippen LogP contribution in [-0.2, 0) is 0 Å². The van der Waals surface area contributed by atoms with E-state index in [1.165, 1.54) is 0 Å². The minimum absolute atomic E-state index is 0.220. The van der Waals surface area contributed by atoms with E-state index in [1.54, 1.807) is 18.2 Å². The molecule has 0 heterocycles. The Labute approximate surface area is 108 Å². The standard InChI is InChI=1S/C10H13N4.BF4/c1-10(2,3)14-13-9-7-5-4-6-8(9)12-11;2-1(3,4)5/h4-7H,1-3H3;/q+1;-1. The highest BCUT2D eigenvalue weighted by atomic mass is 19.5. The molecule has 0 amide bonds. The fourth-order valence-corrected chi connectivity index (χ4v) is 0.837. The van der Waals surface area contributed by atoms with E-state index < -0.39 is 7.25 Å². The Morgan fingerprint density at radius 2 is 1.58 bits per heavy atom. The summed E-state index contributed by atoms with van der Waals surface area (Å²) in [7, 11) is -6.00. The molecule has 0 spiro atoms. The molecule has 1 aromatic carbocycles. The van der Waals surface area contributed by atoms with Crippen molar-refractivity contribution in [2.75, 3.05) is 0 Å². The van der Waals surface area contributed by atoms with Gasteiger partial charge in [-0.15, -0.1) is 5.11 Å². The largest absolute Gasteiger partial charge is 0.673 e. The molecule has 1 rings (SSSR count). The highest BCUT2D eigenvalue weighted by molar-refractivity contribution is 6.50. The molecule has 0 saturated carbocycles. The molecule has 0 atom stereocenters. The van der Waals surface area contributed by atoms with E-state index in [-0.39, 0.29) is 5.54 Å². The summed E-state index contributed by atoms with van der Waals surface area (Å²) in [5, 5.41) is 16.8. The van der Waals surface area contributed by atoms with E-state index in [0.29, 0.717) is 11.4 Å². The third kappa shape index (κ3) is 10.9. The first-order valence-electron chi connectivity index (χ1n) is 5.27. The SMILES string of the molecule is CC(C)(C)N=Nc1ccccc1[N+]#N.F[B-](F)(F)F. The molecular weight excluding hydrogens is 263 g/mol. The van der Waals surface area contributed by atoms with Crippen LogP contribution in [0.15, 0.2) is 34.5 Å². The highest BCUT2D eigenvalue weighted by Gasteiger charge is 2.20. The predicted molar refractivity (Wildman–Crippen MR) is 65.6 cm³/mol. The topological polar surface area (TPSA) is 52.9 Å². The maximum atomic E-state index is 9.75. The van der Waals surface area contributed by atoms with Crippen molar-refractivity contribution in [1.29, 1.82) is 5.39 Å². The number of azo groups is 1. The van der Waals surface area contributed by atoms with E-state index >= 15 is 0 Å². The van der Waals surface area contributed by atoms with Gasteiger partial charge < -0.3 is 17.3 Å². The summed E-state index contributed by atoms with van der Waals surface area (Å²) >= 11 is 0. The number of diazo groups is 1. The molecule has 1 aromatic rings. The predicted octanol–water partition coefficient (Wildman–Crippen LogP) is 5.35. The zero-order valence-electron chi connectivity index (χ0n) is 10.7. The van der Waals surface area contributed by atoms with Gasteiger partial charge in [-0.05, 0) is 26.8 Å². The average molecular weight is 276 g/mol. The van der Waals surface area contributed by atoms with Crippen LogP contribution >= 0.6 is 0 Å². The lowest BCUT2D eigenvalue weighted by atomic mass is 10.1. The molecule has 0 radical (unpaired) electrons. The first-order valence-corrected chi connectivity index (χ1v) is 5.27. The summed E-state index contributed by atoms with van der Waals surface area (Å²) in [5.74, 6) is 0. The van der Waals surface area contributed by atoms with Gasteiger partial charge in [-0.2, -0.15) is 5.11 Å². The fourth-order valence-electron chi connectivity index (χ4n) is 0.837. The van der Waals surface area contributed by atoms with Crippen molar-refractivity contribution in [2.45, 2.75) is 26.3 Å². The van der Waals surface area contributed by atoms with E-state index in [2.05, 4.69) is 15.2 Å². The first kappa shape index (κ1) is 17.0. The lowest BCUT2D eigenvalue weighted by Gasteiger charge is -2.07. The van der Waals surface area contributed by atoms with Crippen LogP contribution in [0.4, 0.5) is 28.6 Å². The Morgan fingerprint density at radius 1 is 1.11 bits per heavy atom. The van der Waals surface area contributed by atoms with Gasteiger partial charge in [0.2, 0.25) is 5.39 Å². The summed E-state index contributed by atoms with van der Waals surface area (Å²) in [5.41, 5.74) is 0.785. The van der Waals surface area contributed by atoms with Crippen LogP contribution in [-0.4, -0.2) is 12.8 Å². The zero-order chi connectivity index (χ0) is 15.1. The van der Waals surface area contributed by atoms with Gasteiger partial charge in [0.15, 0.2) is 10.7 Å². The molecule has 0 aliphatic carbocycles. The summed E-state index contributed by atoms with van der Waals surface area (Å²) in [6, 6.07) is 7.04. The first-order chi connectivity index (χ1) is 8.53. The van der Waals surface area contributed by atoms with Crippen LogP contribution < -0.4 is 0 Å². The number of halogens is 4. The Hall–Kier alpha value is -1.98. The second-order valence-corrected chi connectivity index (χ2v) is 4.45. The van der Waals surface area contributed by atoms with Crippen molar-refractivity contribution in [3.8, 4) is 0 Å². The van der Waals surface area contributed by atoms with Crippen molar-refractivity contribution < 1.29 is 17.3 Å². The number of hydrogen-bond acceptors (Lipinski definition) is 3. The number of rotatable bonds is 1. The molecule has 0 saturated heterocycles. The number of hydrogen-bond donors (Lipinski definition) is 0. The van der Waals surface area contributed by atoms with Crippen molar-refractivity contribution in [2.24, 2.45) is 10.2 Å². The van der Waals surface area contributed by atoms with Crippen molar-refractivity contribution in [1.82, 2.24) is 0 Å². The van der Waals surface area contributed by atoms with E-state index in [1.807, 2.05) is 26.8 Å². The second kappa shape index (κ2) is 6.82. The normalized spacial score (nSPS) is 11.7. The molecule has 104 valence electrons. The van der Waals surface area contributed by atoms with Gasteiger partial charge in [-0.25, -0.2) is 0 Å². The van der Waals surface area contributed by atoms with Gasteiger partial charge in [0.25, 0.3) is 0 Å². The van der Waals surface area contributed by atoms with Crippen LogP contribution in [0, 0.1) is 5.39 Å². The average Bonchev–Trinajstić information content (AvgIpc) is 2.23. The van der Waals surface area contributed by atoms with Crippen LogP contribution in [0.5, 0.6) is 0 Å². The number of nitrogens with zero attached hydrogens (tertiary/aromatic N) is 4. The quantitative estimate of drug-likeness (QED) is 0.295. The minimum atomic E-state index is -6.00. The van der Waals surface area contributed by atoms with E-state index in [4.69, 9.17) is 5.39 Å². The van der Waals surface area contributed by atoms with Crippen molar-refractivity contribution in [3.63, 3.8) is 0 Å². The molecule has 9 heteroatoms. The van der Waals surface area contributed by atoms with Crippen LogP contribution in [0.3, 0.4) is 0 Å². The maximum Gasteiger partial charge on any atom is 0.673 e. The van der Waals surface area contributed by atoms with E-state index in [0.717, 1.165) is 0 Å². The second-order valence-electron chi connectivity index (χ2n) is 4.45. The van der Waals surface area contributed by atoms with Crippen LogP contribution in [0.2, 0.25) is 0 Å². The van der Waals surface area contributed by atoms with Crippen LogP contribution in [0.25, 0.3) is 4.98 Å². The highest BCUT2D eigenvalue weighted by Crippen LogP contribution is 2.28. The lowest BCUT2D eigenvalue weighted by molar-refractivity contribution is 0.368. The third-order valence-corrected chi connectivity index (χ3v) is 1.45. The molecule has 4 nitrogen and oxygen atoms in total. The molecule has 0 aliphatic heterocycles. The molecular formula is C10H13BF4N4. The maximum absolute atomic E-state index is 9.75. The fraction of sp³-hybridized carbons (Fsp3) is 0.400. The Bertz CT molecular complexity index is 468. The van der Waals surface area contributed by atoms with Crippen molar-refractivity contribution in [3.05, 3.63) is 29.2 Å². The molecule has 0 N–H and O–H groups in total. The summed E-state index contributed by atoms with van der Waals surface area (Å²) < 4.78 is 39.0. The van der Waals surface area contributed by atoms with Crippen LogP contribution in [0.1, 0.15) is 20.8 Å².